The standard InChI is InChI=1S/C14H20ClN3O4S/c1-14(2,3)22-13(19)18-8-6-17(7-9-18)12-10-11(4-5-16-12)23(15,20)21/h4-5,10H,6-9H2,1-3H3. The summed E-state index contributed by atoms with van der Waals surface area (Å²) in [4.78, 5) is 19.7. The quantitative estimate of drug-likeness (QED) is 0.750. The summed E-state index contributed by atoms with van der Waals surface area (Å²) in [5.41, 5.74) is -0.529. The van der Waals surface area contributed by atoms with Crippen LogP contribution in [0.5, 0.6) is 0 Å². The van der Waals surface area contributed by atoms with Gasteiger partial charge in [-0.2, -0.15) is 0 Å². The molecular formula is C14H20ClN3O4S. The summed E-state index contributed by atoms with van der Waals surface area (Å²) in [6.45, 7) is 7.51. The Morgan fingerprint density at radius 2 is 1.87 bits per heavy atom. The molecule has 0 spiro atoms. The second-order valence-electron chi connectivity index (χ2n) is 6.24. The molecule has 0 radical (unpaired) electrons. The molecule has 1 aliphatic rings. The minimum absolute atomic E-state index is 0.0127. The number of piperazine rings is 1. The first-order valence-corrected chi connectivity index (χ1v) is 9.51. The molecule has 0 aliphatic carbocycles. The summed E-state index contributed by atoms with van der Waals surface area (Å²) in [5.74, 6) is 0.524. The van der Waals surface area contributed by atoms with E-state index >= 15 is 0 Å². The van der Waals surface area contributed by atoms with Crippen molar-refractivity contribution in [1.82, 2.24) is 9.88 Å². The molecule has 2 heterocycles. The van der Waals surface area contributed by atoms with Gasteiger partial charge in [0.05, 0.1) is 4.90 Å². The Bertz CT molecular complexity index is 680. The lowest BCUT2D eigenvalue weighted by atomic mass is 10.2. The van der Waals surface area contributed by atoms with E-state index in [4.69, 9.17) is 15.4 Å². The molecule has 1 amide bonds. The first-order valence-electron chi connectivity index (χ1n) is 7.20. The molecular weight excluding hydrogens is 342 g/mol. The van der Waals surface area contributed by atoms with Crippen molar-refractivity contribution in [2.75, 3.05) is 31.1 Å². The van der Waals surface area contributed by atoms with Crippen LogP contribution in [0.25, 0.3) is 0 Å². The Kier molecular flexibility index (Phi) is 5.05. The van der Waals surface area contributed by atoms with Gasteiger partial charge in [0.15, 0.2) is 0 Å². The van der Waals surface area contributed by atoms with E-state index in [1.54, 1.807) is 4.90 Å². The van der Waals surface area contributed by atoms with Crippen molar-refractivity contribution in [2.45, 2.75) is 31.3 Å². The maximum absolute atomic E-state index is 12.0. The number of carbonyl (C=O) groups is 1. The number of hydrogen-bond donors (Lipinski definition) is 0. The first kappa shape index (κ1) is 17.8. The van der Waals surface area contributed by atoms with Gasteiger partial charge in [0.1, 0.15) is 11.4 Å². The van der Waals surface area contributed by atoms with Crippen LogP contribution in [0, 0.1) is 0 Å². The summed E-state index contributed by atoms with van der Waals surface area (Å²) in [6.07, 6.45) is 1.06. The number of rotatable bonds is 2. The van der Waals surface area contributed by atoms with Gasteiger partial charge in [-0.3, -0.25) is 0 Å². The van der Waals surface area contributed by atoms with Gasteiger partial charge in [-0.05, 0) is 26.8 Å². The zero-order chi connectivity index (χ0) is 17.3. The Morgan fingerprint density at radius 1 is 1.26 bits per heavy atom. The van der Waals surface area contributed by atoms with E-state index in [1.165, 1.54) is 18.3 Å². The van der Waals surface area contributed by atoms with E-state index in [0.717, 1.165) is 0 Å². The third-order valence-electron chi connectivity index (χ3n) is 3.25. The molecule has 0 aromatic carbocycles. The number of hydrogen-bond acceptors (Lipinski definition) is 6. The maximum Gasteiger partial charge on any atom is 0.410 e. The molecule has 0 N–H and O–H groups in total. The predicted molar refractivity (Wildman–Crippen MR) is 87.3 cm³/mol. The number of nitrogens with zero attached hydrogens (tertiary/aromatic N) is 3. The van der Waals surface area contributed by atoms with Crippen LogP contribution in [-0.2, 0) is 13.8 Å². The summed E-state index contributed by atoms with van der Waals surface area (Å²) >= 11 is 0. The second kappa shape index (κ2) is 6.52. The molecule has 1 fully saturated rings. The molecule has 1 aromatic rings. The molecule has 0 unspecified atom stereocenters. The highest BCUT2D eigenvalue weighted by Crippen LogP contribution is 2.21. The van der Waals surface area contributed by atoms with E-state index in [2.05, 4.69) is 4.98 Å². The van der Waals surface area contributed by atoms with Crippen molar-refractivity contribution in [3.8, 4) is 0 Å². The van der Waals surface area contributed by atoms with Crippen LogP contribution in [0.15, 0.2) is 23.2 Å². The van der Waals surface area contributed by atoms with Gasteiger partial charge in [-0.15, -0.1) is 0 Å². The summed E-state index contributed by atoms with van der Waals surface area (Å²) < 4.78 is 28.1. The van der Waals surface area contributed by atoms with Crippen LogP contribution in [0.1, 0.15) is 20.8 Å². The minimum atomic E-state index is -3.79. The molecule has 0 atom stereocenters. The van der Waals surface area contributed by atoms with Gasteiger partial charge in [0.2, 0.25) is 0 Å². The number of anilines is 1. The van der Waals surface area contributed by atoms with Crippen molar-refractivity contribution < 1.29 is 17.9 Å². The fraction of sp³-hybridized carbons (Fsp3) is 0.571. The lowest BCUT2D eigenvalue weighted by Gasteiger charge is -2.36. The molecule has 0 bridgehead atoms. The van der Waals surface area contributed by atoms with Crippen molar-refractivity contribution in [2.24, 2.45) is 0 Å². The molecule has 9 heteroatoms. The van der Waals surface area contributed by atoms with E-state index in [1.807, 2.05) is 25.7 Å². The molecule has 1 aliphatic heterocycles. The molecule has 1 saturated heterocycles. The molecule has 23 heavy (non-hydrogen) atoms. The topological polar surface area (TPSA) is 79.8 Å². The average molecular weight is 362 g/mol. The number of pyridine rings is 1. The normalized spacial score (nSPS) is 16.3. The zero-order valence-electron chi connectivity index (χ0n) is 13.3. The summed E-state index contributed by atoms with van der Waals surface area (Å²) in [7, 11) is 1.56. The number of ether oxygens (including phenoxy) is 1. The predicted octanol–water partition coefficient (Wildman–Crippen LogP) is 2.07. The fourth-order valence-electron chi connectivity index (χ4n) is 2.17. The molecule has 128 valence electrons. The maximum atomic E-state index is 12.0. The van der Waals surface area contributed by atoms with Gasteiger partial charge in [0, 0.05) is 49.1 Å². The van der Waals surface area contributed by atoms with Gasteiger partial charge in [0.25, 0.3) is 9.05 Å². The number of halogens is 1. The van der Waals surface area contributed by atoms with Crippen LogP contribution < -0.4 is 4.90 Å². The third kappa shape index (κ3) is 4.97. The smallest absolute Gasteiger partial charge is 0.410 e. The number of amides is 1. The van der Waals surface area contributed by atoms with E-state index in [-0.39, 0.29) is 11.0 Å². The van der Waals surface area contributed by atoms with Crippen molar-refractivity contribution in [3.05, 3.63) is 18.3 Å². The highest BCUT2D eigenvalue weighted by molar-refractivity contribution is 8.13. The third-order valence-corrected chi connectivity index (χ3v) is 4.61. The molecule has 2 rings (SSSR count). The van der Waals surface area contributed by atoms with Crippen LogP contribution in [0.2, 0.25) is 0 Å². The Balaban J connectivity index is 2.01. The summed E-state index contributed by atoms with van der Waals surface area (Å²) in [5, 5.41) is 0. The van der Waals surface area contributed by atoms with E-state index < -0.39 is 14.7 Å². The van der Waals surface area contributed by atoms with Gasteiger partial charge in [-0.25, -0.2) is 18.2 Å². The lowest BCUT2D eigenvalue weighted by Crippen LogP contribution is -2.50. The van der Waals surface area contributed by atoms with Crippen molar-refractivity contribution in [3.63, 3.8) is 0 Å². The highest BCUT2D eigenvalue weighted by Gasteiger charge is 2.26. The SMILES string of the molecule is CC(C)(C)OC(=O)N1CCN(c2cc(S(=O)(=O)Cl)ccn2)CC1. The monoisotopic (exact) mass is 361 g/mol. The van der Waals surface area contributed by atoms with Crippen LogP contribution >= 0.6 is 10.7 Å². The van der Waals surface area contributed by atoms with Gasteiger partial charge < -0.3 is 14.5 Å². The lowest BCUT2D eigenvalue weighted by molar-refractivity contribution is 0.0240. The second-order valence-corrected chi connectivity index (χ2v) is 8.81. The Labute approximate surface area is 140 Å². The largest absolute Gasteiger partial charge is 0.444 e. The molecule has 7 nitrogen and oxygen atoms in total. The van der Waals surface area contributed by atoms with Crippen LogP contribution in [0.3, 0.4) is 0 Å². The van der Waals surface area contributed by atoms with Gasteiger partial charge >= 0.3 is 6.09 Å². The average Bonchev–Trinajstić information content (AvgIpc) is 2.45. The Morgan fingerprint density at radius 3 is 2.39 bits per heavy atom. The van der Waals surface area contributed by atoms with Crippen molar-refractivity contribution >= 4 is 31.6 Å². The first-order chi connectivity index (χ1) is 10.6. The van der Waals surface area contributed by atoms with Crippen LogP contribution in [-0.4, -0.2) is 56.2 Å². The van der Waals surface area contributed by atoms with E-state index in [0.29, 0.717) is 32.0 Å². The van der Waals surface area contributed by atoms with Crippen LogP contribution in [0.4, 0.5) is 10.6 Å². The number of carbonyl (C=O) groups excluding carboxylic acids is 1. The highest BCUT2D eigenvalue weighted by atomic mass is 35.7. The fourth-order valence-corrected chi connectivity index (χ4v) is 2.93. The zero-order valence-corrected chi connectivity index (χ0v) is 14.9. The summed E-state index contributed by atoms with van der Waals surface area (Å²) in [6, 6.07) is 2.79. The molecule has 0 saturated carbocycles. The van der Waals surface area contributed by atoms with E-state index in [9.17, 15) is 13.2 Å². The van der Waals surface area contributed by atoms with Crippen molar-refractivity contribution in [1.29, 1.82) is 0 Å². The minimum Gasteiger partial charge on any atom is -0.444 e. The molecule has 1 aromatic heterocycles. The van der Waals surface area contributed by atoms with Gasteiger partial charge in [-0.1, -0.05) is 0 Å². The number of aromatic nitrogens is 1. The Hall–Kier alpha value is -1.54.